The highest BCUT2D eigenvalue weighted by atomic mass is 16.5. The first kappa shape index (κ1) is 12.6. The van der Waals surface area contributed by atoms with Crippen LogP contribution in [0.5, 0.6) is 0 Å². The van der Waals surface area contributed by atoms with E-state index in [0.29, 0.717) is 6.10 Å². The van der Waals surface area contributed by atoms with Crippen molar-refractivity contribution in [2.45, 2.75) is 45.3 Å². The molecule has 1 aromatic carbocycles. The molecule has 0 radical (unpaired) electrons. The molecule has 17 heavy (non-hydrogen) atoms. The fourth-order valence-corrected chi connectivity index (χ4v) is 1.97. The van der Waals surface area contributed by atoms with E-state index >= 15 is 0 Å². The summed E-state index contributed by atoms with van der Waals surface area (Å²) in [7, 11) is 0. The quantitative estimate of drug-likeness (QED) is 0.731. The van der Waals surface area contributed by atoms with Crippen molar-refractivity contribution in [3.8, 4) is 0 Å². The van der Waals surface area contributed by atoms with Gasteiger partial charge in [-0.05, 0) is 43.7 Å². The summed E-state index contributed by atoms with van der Waals surface area (Å²) in [4.78, 5) is 0. The molecular weight excluding hydrogens is 210 g/mol. The Morgan fingerprint density at radius 1 is 1.35 bits per heavy atom. The highest BCUT2D eigenvalue weighted by Crippen LogP contribution is 2.40. The zero-order valence-corrected chi connectivity index (χ0v) is 10.9. The fourth-order valence-electron chi connectivity index (χ4n) is 1.97. The van der Waals surface area contributed by atoms with Crippen molar-refractivity contribution in [1.82, 2.24) is 5.32 Å². The van der Waals surface area contributed by atoms with Gasteiger partial charge in [-0.25, -0.2) is 0 Å². The van der Waals surface area contributed by atoms with E-state index in [2.05, 4.69) is 43.4 Å². The summed E-state index contributed by atoms with van der Waals surface area (Å²) in [5.74, 6) is 0.847. The summed E-state index contributed by atoms with van der Waals surface area (Å²) in [6.07, 6.45) is 3.08. The van der Waals surface area contributed by atoms with Crippen LogP contribution in [0.1, 0.15) is 43.7 Å². The van der Waals surface area contributed by atoms with Gasteiger partial charge in [0, 0.05) is 13.1 Å². The van der Waals surface area contributed by atoms with Crippen LogP contribution < -0.4 is 5.32 Å². The predicted molar refractivity (Wildman–Crippen MR) is 71.2 cm³/mol. The van der Waals surface area contributed by atoms with Crippen LogP contribution in [0.3, 0.4) is 0 Å². The van der Waals surface area contributed by atoms with Crippen molar-refractivity contribution in [3.63, 3.8) is 0 Å². The Morgan fingerprint density at radius 3 is 2.88 bits per heavy atom. The molecule has 1 saturated carbocycles. The molecule has 0 unspecified atom stereocenters. The summed E-state index contributed by atoms with van der Waals surface area (Å²) in [5, 5.41) is 3.42. The molecule has 0 spiro atoms. The zero-order chi connectivity index (χ0) is 12.1. The van der Waals surface area contributed by atoms with Crippen molar-refractivity contribution in [1.29, 1.82) is 0 Å². The number of hydrogen-bond donors (Lipinski definition) is 1. The average Bonchev–Trinajstić information content (AvgIpc) is 3.12. The average molecular weight is 233 g/mol. The standard InChI is InChI=1S/C15H23NO/c1-12(2)17-9-8-16-11-13-4-3-5-15(10-13)14-6-7-14/h3-5,10,12,14,16H,6-9,11H2,1-2H3. The Kier molecular flexibility index (Phi) is 4.57. The molecule has 0 atom stereocenters. The van der Waals surface area contributed by atoms with E-state index in [9.17, 15) is 0 Å². The minimum Gasteiger partial charge on any atom is -0.377 e. The van der Waals surface area contributed by atoms with Gasteiger partial charge in [0.05, 0.1) is 12.7 Å². The van der Waals surface area contributed by atoms with E-state index in [-0.39, 0.29) is 0 Å². The number of ether oxygens (including phenoxy) is 1. The van der Waals surface area contributed by atoms with E-state index < -0.39 is 0 Å². The molecule has 2 heteroatoms. The topological polar surface area (TPSA) is 21.3 Å². The third-order valence-corrected chi connectivity index (χ3v) is 3.06. The van der Waals surface area contributed by atoms with Gasteiger partial charge in [0.2, 0.25) is 0 Å². The Balaban J connectivity index is 1.69. The Labute approximate surface area is 104 Å². The number of rotatable bonds is 7. The second-order valence-electron chi connectivity index (χ2n) is 5.12. The maximum absolute atomic E-state index is 5.49. The van der Waals surface area contributed by atoms with Crippen LogP contribution >= 0.6 is 0 Å². The molecule has 94 valence electrons. The molecule has 1 aromatic rings. The third kappa shape index (κ3) is 4.49. The predicted octanol–water partition coefficient (Wildman–Crippen LogP) is 3.08. The lowest BCUT2D eigenvalue weighted by Gasteiger charge is -2.09. The lowest BCUT2D eigenvalue weighted by Crippen LogP contribution is -2.20. The van der Waals surface area contributed by atoms with Gasteiger partial charge in [-0.2, -0.15) is 0 Å². The molecule has 1 fully saturated rings. The summed E-state index contributed by atoms with van der Waals surface area (Å²) < 4.78 is 5.49. The highest BCUT2D eigenvalue weighted by Gasteiger charge is 2.23. The third-order valence-electron chi connectivity index (χ3n) is 3.06. The van der Waals surface area contributed by atoms with Crippen LogP contribution in [-0.2, 0) is 11.3 Å². The lowest BCUT2D eigenvalue weighted by atomic mass is 10.1. The van der Waals surface area contributed by atoms with Gasteiger partial charge in [0.1, 0.15) is 0 Å². The van der Waals surface area contributed by atoms with Gasteiger partial charge in [-0.1, -0.05) is 24.3 Å². The van der Waals surface area contributed by atoms with Crippen LogP contribution in [0.2, 0.25) is 0 Å². The molecule has 2 nitrogen and oxygen atoms in total. The summed E-state index contributed by atoms with van der Waals surface area (Å²) in [6.45, 7) is 6.80. The SMILES string of the molecule is CC(C)OCCNCc1cccc(C2CC2)c1. The van der Waals surface area contributed by atoms with E-state index in [1.807, 2.05) is 0 Å². The van der Waals surface area contributed by atoms with Crippen molar-refractivity contribution in [2.75, 3.05) is 13.2 Å². The minimum atomic E-state index is 0.329. The van der Waals surface area contributed by atoms with Crippen LogP contribution in [0.25, 0.3) is 0 Å². The van der Waals surface area contributed by atoms with Crippen LogP contribution in [0.4, 0.5) is 0 Å². The maximum atomic E-state index is 5.49. The number of hydrogen-bond acceptors (Lipinski definition) is 2. The second kappa shape index (κ2) is 6.18. The van der Waals surface area contributed by atoms with Gasteiger partial charge < -0.3 is 10.1 Å². The largest absolute Gasteiger partial charge is 0.377 e. The summed E-state index contributed by atoms with van der Waals surface area (Å²) in [6, 6.07) is 8.97. The summed E-state index contributed by atoms with van der Waals surface area (Å²) >= 11 is 0. The van der Waals surface area contributed by atoms with Gasteiger partial charge in [-0.15, -0.1) is 0 Å². The Morgan fingerprint density at radius 2 is 2.18 bits per heavy atom. The van der Waals surface area contributed by atoms with Crippen molar-refractivity contribution >= 4 is 0 Å². The van der Waals surface area contributed by atoms with E-state index in [1.165, 1.54) is 24.0 Å². The monoisotopic (exact) mass is 233 g/mol. The van der Waals surface area contributed by atoms with Crippen LogP contribution in [-0.4, -0.2) is 19.3 Å². The molecule has 1 aliphatic carbocycles. The summed E-state index contributed by atoms with van der Waals surface area (Å²) in [5.41, 5.74) is 2.90. The van der Waals surface area contributed by atoms with E-state index in [4.69, 9.17) is 4.74 Å². The number of nitrogens with one attached hydrogen (secondary N) is 1. The first-order valence-corrected chi connectivity index (χ1v) is 6.67. The molecule has 1 aliphatic rings. The molecule has 0 aromatic heterocycles. The van der Waals surface area contributed by atoms with Crippen molar-refractivity contribution in [2.24, 2.45) is 0 Å². The lowest BCUT2D eigenvalue weighted by molar-refractivity contribution is 0.0807. The highest BCUT2D eigenvalue weighted by molar-refractivity contribution is 5.28. The van der Waals surface area contributed by atoms with Crippen LogP contribution in [0.15, 0.2) is 24.3 Å². The molecule has 0 amide bonds. The van der Waals surface area contributed by atoms with E-state index in [0.717, 1.165) is 25.6 Å². The Bertz CT molecular complexity index is 345. The molecule has 0 aliphatic heterocycles. The molecule has 0 saturated heterocycles. The number of benzene rings is 1. The van der Waals surface area contributed by atoms with Crippen molar-refractivity contribution < 1.29 is 4.74 Å². The smallest absolute Gasteiger partial charge is 0.0594 e. The molecule has 0 heterocycles. The van der Waals surface area contributed by atoms with E-state index in [1.54, 1.807) is 0 Å². The molecule has 1 N–H and O–H groups in total. The zero-order valence-electron chi connectivity index (χ0n) is 10.9. The first-order chi connectivity index (χ1) is 8.25. The first-order valence-electron chi connectivity index (χ1n) is 6.67. The minimum absolute atomic E-state index is 0.329. The van der Waals surface area contributed by atoms with Crippen molar-refractivity contribution in [3.05, 3.63) is 35.4 Å². The van der Waals surface area contributed by atoms with Gasteiger partial charge in [-0.3, -0.25) is 0 Å². The molecular formula is C15H23NO. The van der Waals surface area contributed by atoms with Gasteiger partial charge in [0.15, 0.2) is 0 Å². The second-order valence-corrected chi connectivity index (χ2v) is 5.12. The molecule has 2 rings (SSSR count). The normalized spacial score (nSPS) is 15.5. The van der Waals surface area contributed by atoms with Gasteiger partial charge >= 0.3 is 0 Å². The molecule has 0 bridgehead atoms. The fraction of sp³-hybridized carbons (Fsp3) is 0.600. The van der Waals surface area contributed by atoms with Crippen LogP contribution in [0, 0.1) is 0 Å². The maximum Gasteiger partial charge on any atom is 0.0594 e. The van der Waals surface area contributed by atoms with Gasteiger partial charge in [0.25, 0.3) is 0 Å². The Hall–Kier alpha value is -0.860.